The van der Waals surface area contributed by atoms with Crippen molar-refractivity contribution in [1.29, 1.82) is 0 Å². The second kappa shape index (κ2) is 5.72. The Hall–Kier alpha value is -2.63. The van der Waals surface area contributed by atoms with E-state index in [1.54, 1.807) is 13.1 Å². The lowest BCUT2D eigenvalue weighted by atomic mass is 9.99. The number of hydrogen-bond acceptors (Lipinski definition) is 4. The maximum atomic E-state index is 12.8. The van der Waals surface area contributed by atoms with E-state index in [1.807, 2.05) is 24.0 Å². The van der Waals surface area contributed by atoms with Crippen LogP contribution in [0.15, 0.2) is 22.7 Å². The molecule has 25 heavy (non-hydrogen) atoms. The Labute approximate surface area is 146 Å². The van der Waals surface area contributed by atoms with Crippen LogP contribution in [0.25, 0.3) is 11.3 Å². The second-order valence-corrected chi connectivity index (χ2v) is 6.99. The highest BCUT2D eigenvalue weighted by atomic mass is 16.5. The fourth-order valence-corrected chi connectivity index (χ4v) is 3.64. The van der Waals surface area contributed by atoms with E-state index in [9.17, 15) is 9.59 Å². The molecule has 2 aliphatic rings. The molecule has 1 aliphatic carbocycles. The maximum absolute atomic E-state index is 12.8. The summed E-state index contributed by atoms with van der Waals surface area (Å²) in [7, 11) is 1.55. The van der Waals surface area contributed by atoms with Crippen molar-refractivity contribution in [3.05, 3.63) is 40.6 Å². The Bertz CT molecular complexity index is 867. The van der Waals surface area contributed by atoms with Crippen molar-refractivity contribution < 1.29 is 14.1 Å². The van der Waals surface area contributed by atoms with Gasteiger partial charge in [-0.2, -0.15) is 0 Å². The molecule has 0 radical (unpaired) electrons. The van der Waals surface area contributed by atoms with E-state index in [1.165, 1.54) is 12.8 Å². The maximum Gasteiger partial charge on any atom is 0.273 e. The average molecular weight is 339 g/mol. The third kappa shape index (κ3) is 2.62. The molecular weight excluding hydrogens is 318 g/mol. The largest absolute Gasteiger partial charge is 0.355 e. The summed E-state index contributed by atoms with van der Waals surface area (Å²) in [4.78, 5) is 26.4. The van der Waals surface area contributed by atoms with Gasteiger partial charge in [0.1, 0.15) is 0 Å². The van der Waals surface area contributed by atoms with Crippen LogP contribution in [0.1, 0.15) is 51.7 Å². The van der Waals surface area contributed by atoms with Crippen molar-refractivity contribution in [2.75, 3.05) is 7.05 Å². The van der Waals surface area contributed by atoms with E-state index in [0.29, 0.717) is 18.2 Å². The Morgan fingerprint density at radius 1 is 1.36 bits per heavy atom. The van der Waals surface area contributed by atoms with Gasteiger partial charge in [0.25, 0.3) is 11.8 Å². The van der Waals surface area contributed by atoms with Crippen LogP contribution in [0, 0.1) is 12.8 Å². The SMILES string of the molecule is CNC(=O)c1cc(-c2cc(C)c3c(c2)CN([C@@H](C)C2CC2)C3=O)on1. The first kappa shape index (κ1) is 15.9. The van der Waals surface area contributed by atoms with Crippen molar-refractivity contribution in [2.24, 2.45) is 5.92 Å². The Morgan fingerprint density at radius 3 is 2.80 bits per heavy atom. The number of carbonyl (C=O) groups is 2. The van der Waals surface area contributed by atoms with Crippen LogP contribution in [-0.4, -0.2) is 35.0 Å². The van der Waals surface area contributed by atoms with Gasteiger partial charge in [-0.3, -0.25) is 9.59 Å². The first-order chi connectivity index (χ1) is 12.0. The van der Waals surface area contributed by atoms with Crippen LogP contribution in [0.5, 0.6) is 0 Å². The van der Waals surface area contributed by atoms with Crippen LogP contribution in [0.4, 0.5) is 0 Å². The lowest BCUT2D eigenvalue weighted by Gasteiger charge is -2.24. The predicted molar refractivity (Wildman–Crippen MR) is 92.1 cm³/mol. The van der Waals surface area contributed by atoms with Gasteiger partial charge in [-0.1, -0.05) is 5.16 Å². The molecule has 1 atom stereocenters. The first-order valence-electron chi connectivity index (χ1n) is 8.63. The molecule has 0 spiro atoms. The number of nitrogens with one attached hydrogen (secondary N) is 1. The quantitative estimate of drug-likeness (QED) is 0.929. The fraction of sp³-hybridized carbons (Fsp3) is 0.421. The minimum absolute atomic E-state index is 0.127. The zero-order chi connectivity index (χ0) is 17.7. The molecule has 1 N–H and O–H groups in total. The summed E-state index contributed by atoms with van der Waals surface area (Å²) in [6.07, 6.45) is 2.43. The zero-order valence-corrected chi connectivity index (χ0v) is 14.6. The number of rotatable bonds is 4. The Morgan fingerprint density at radius 2 is 2.12 bits per heavy atom. The molecule has 2 aromatic rings. The molecule has 1 aliphatic heterocycles. The molecule has 6 heteroatoms. The van der Waals surface area contributed by atoms with Crippen molar-refractivity contribution in [3.63, 3.8) is 0 Å². The summed E-state index contributed by atoms with van der Waals surface area (Å²) in [6, 6.07) is 5.82. The number of amides is 2. The minimum Gasteiger partial charge on any atom is -0.355 e. The summed E-state index contributed by atoms with van der Waals surface area (Å²) >= 11 is 0. The molecular formula is C19H21N3O3. The highest BCUT2D eigenvalue weighted by Gasteiger charge is 2.39. The summed E-state index contributed by atoms with van der Waals surface area (Å²) in [6.45, 7) is 4.72. The zero-order valence-electron chi connectivity index (χ0n) is 14.6. The van der Waals surface area contributed by atoms with Crippen molar-refractivity contribution in [2.45, 2.75) is 39.3 Å². The van der Waals surface area contributed by atoms with Gasteiger partial charge in [0.2, 0.25) is 0 Å². The summed E-state index contributed by atoms with van der Waals surface area (Å²) in [5.74, 6) is 1.02. The molecule has 0 unspecified atom stereocenters. The van der Waals surface area contributed by atoms with Crippen molar-refractivity contribution in [3.8, 4) is 11.3 Å². The van der Waals surface area contributed by atoms with Crippen LogP contribution in [0.2, 0.25) is 0 Å². The van der Waals surface area contributed by atoms with E-state index in [2.05, 4.69) is 17.4 Å². The van der Waals surface area contributed by atoms with Gasteiger partial charge in [-0.25, -0.2) is 0 Å². The van der Waals surface area contributed by atoms with Gasteiger partial charge < -0.3 is 14.7 Å². The van der Waals surface area contributed by atoms with Crippen LogP contribution in [0.3, 0.4) is 0 Å². The average Bonchev–Trinajstić information content (AvgIpc) is 3.23. The number of benzene rings is 1. The molecule has 4 rings (SSSR count). The highest BCUT2D eigenvalue weighted by Crippen LogP contribution is 2.39. The van der Waals surface area contributed by atoms with Crippen molar-refractivity contribution >= 4 is 11.8 Å². The molecule has 1 aromatic heterocycles. The molecule has 0 saturated heterocycles. The summed E-state index contributed by atoms with van der Waals surface area (Å²) in [5, 5.41) is 6.34. The standard InChI is InChI=1S/C19H21N3O3/c1-10-6-13(16-8-15(21-25-16)18(23)20-3)7-14-9-22(19(24)17(10)14)11(2)12-4-5-12/h6-8,11-12H,4-5,9H2,1-3H3,(H,20,23)/t11-/m0/s1. The number of carbonyl (C=O) groups excluding carboxylic acids is 2. The number of nitrogens with zero attached hydrogens (tertiary/aromatic N) is 2. The lowest BCUT2D eigenvalue weighted by molar-refractivity contribution is 0.0697. The smallest absolute Gasteiger partial charge is 0.273 e. The van der Waals surface area contributed by atoms with Gasteiger partial charge >= 0.3 is 0 Å². The Kier molecular flexibility index (Phi) is 3.63. The van der Waals surface area contributed by atoms with Crippen LogP contribution >= 0.6 is 0 Å². The monoisotopic (exact) mass is 339 g/mol. The van der Waals surface area contributed by atoms with Gasteiger partial charge in [0.15, 0.2) is 11.5 Å². The number of hydrogen-bond donors (Lipinski definition) is 1. The van der Waals surface area contributed by atoms with E-state index >= 15 is 0 Å². The van der Waals surface area contributed by atoms with E-state index < -0.39 is 0 Å². The van der Waals surface area contributed by atoms with Gasteiger partial charge in [-0.05, 0) is 55.9 Å². The molecule has 1 saturated carbocycles. The molecule has 2 heterocycles. The number of aromatic nitrogens is 1. The third-order valence-electron chi connectivity index (χ3n) is 5.28. The van der Waals surface area contributed by atoms with Crippen LogP contribution < -0.4 is 5.32 Å². The van der Waals surface area contributed by atoms with E-state index in [4.69, 9.17) is 4.52 Å². The third-order valence-corrected chi connectivity index (χ3v) is 5.28. The molecule has 6 nitrogen and oxygen atoms in total. The lowest BCUT2D eigenvalue weighted by Crippen LogP contribution is -2.34. The fourth-order valence-electron chi connectivity index (χ4n) is 3.64. The van der Waals surface area contributed by atoms with Crippen molar-refractivity contribution in [1.82, 2.24) is 15.4 Å². The van der Waals surface area contributed by atoms with Gasteiger partial charge in [0, 0.05) is 36.8 Å². The predicted octanol–water partition coefficient (Wildman–Crippen LogP) is 2.76. The molecule has 1 fully saturated rings. The van der Waals surface area contributed by atoms with Crippen LogP contribution in [-0.2, 0) is 6.54 Å². The minimum atomic E-state index is -0.285. The van der Waals surface area contributed by atoms with E-state index in [0.717, 1.165) is 22.3 Å². The molecule has 2 amide bonds. The summed E-state index contributed by atoms with van der Waals surface area (Å²) < 4.78 is 5.33. The molecule has 1 aromatic carbocycles. The summed E-state index contributed by atoms with van der Waals surface area (Å²) in [5.41, 5.74) is 3.84. The number of aryl methyl sites for hydroxylation is 1. The van der Waals surface area contributed by atoms with Gasteiger partial charge in [-0.15, -0.1) is 0 Å². The molecule has 0 bridgehead atoms. The van der Waals surface area contributed by atoms with E-state index in [-0.39, 0.29) is 23.6 Å². The topological polar surface area (TPSA) is 75.4 Å². The highest BCUT2D eigenvalue weighted by molar-refractivity contribution is 6.00. The second-order valence-electron chi connectivity index (χ2n) is 6.99. The first-order valence-corrected chi connectivity index (χ1v) is 8.63. The van der Waals surface area contributed by atoms with Gasteiger partial charge in [0.05, 0.1) is 0 Å². The Balaban J connectivity index is 1.67. The normalized spacial score (nSPS) is 17.6. The molecule has 130 valence electrons. The number of fused-ring (bicyclic) bond motifs is 1.